The summed E-state index contributed by atoms with van der Waals surface area (Å²) in [5.41, 5.74) is 3.09. The lowest BCUT2D eigenvalue weighted by molar-refractivity contribution is -0.140. The Kier molecular flexibility index (Phi) is 5.09. The fourth-order valence-electron chi connectivity index (χ4n) is 3.64. The first-order valence-corrected chi connectivity index (χ1v) is 9.06. The number of ether oxygens (including phenoxy) is 1. The molecule has 4 amide bonds. The van der Waals surface area contributed by atoms with Crippen LogP contribution >= 0.6 is 11.6 Å². The average Bonchev–Trinajstić information content (AvgIpc) is 2.79. The van der Waals surface area contributed by atoms with Crippen molar-refractivity contribution in [3.63, 3.8) is 0 Å². The molecule has 1 heterocycles. The molecule has 2 fully saturated rings. The first-order chi connectivity index (χ1) is 12.3. The molecule has 0 radical (unpaired) electrons. The summed E-state index contributed by atoms with van der Waals surface area (Å²) in [4.78, 5) is 36.9. The van der Waals surface area contributed by atoms with Crippen molar-refractivity contribution in [2.75, 3.05) is 6.61 Å². The summed E-state index contributed by atoms with van der Waals surface area (Å²) in [6, 6.07) is 2.89. The second kappa shape index (κ2) is 7.15. The summed E-state index contributed by atoms with van der Waals surface area (Å²) < 4.78 is 5.56. The Morgan fingerprint density at radius 3 is 2.46 bits per heavy atom. The number of nitrogens with one attached hydrogen (secondary N) is 2. The normalized spacial score (nSPS) is 18.8. The van der Waals surface area contributed by atoms with E-state index in [1.165, 1.54) is 0 Å². The minimum atomic E-state index is -0.868. The lowest BCUT2D eigenvalue weighted by atomic mass is 9.82. The van der Waals surface area contributed by atoms with Gasteiger partial charge in [-0.2, -0.15) is 5.01 Å². The predicted octanol–water partition coefficient (Wildman–Crippen LogP) is 2.62. The highest BCUT2D eigenvalue weighted by atomic mass is 35.5. The summed E-state index contributed by atoms with van der Waals surface area (Å²) >= 11 is 5.98. The number of hydrogen-bond acceptors (Lipinski definition) is 4. The number of rotatable bonds is 4. The summed E-state index contributed by atoms with van der Waals surface area (Å²) in [6.45, 7) is 3.35. The highest BCUT2D eigenvalue weighted by Crippen LogP contribution is 2.33. The molecule has 1 aromatic carbocycles. The Morgan fingerprint density at radius 1 is 1.23 bits per heavy atom. The molecule has 2 aliphatic rings. The van der Waals surface area contributed by atoms with Gasteiger partial charge in [0, 0.05) is 5.02 Å². The molecule has 1 saturated carbocycles. The first-order valence-electron chi connectivity index (χ1n) is 8.68. The summed E-state index contributed by atoms with van der Waals surface area (Å²) in [7, 11) is 0. The molecule has 140 valence electrons. The fourth-order valence-corrected chi connectivity index (χ4v) is 3.96. The number of carbonyl (C=O) groups excluding carboxylic acids is 3. The molecule has 1 aliphatic carbocycles. The van der Waals surface area contributed by atoms with Crippen molar-refractivity contribution in [1.29, 1.82) is 0 Å². The van der Waals surface area contributed by atoms with Crippen LogP contribution in [-0.2, 0) is 9.59 Å². The number of halogens is 1. The van der Waals surface area contributed by atoms with Gasteiger partial charge in [-0.15, -0.1) is 0 Å². The van der Waals surface area contributed by atoms with Crippen molar-refractivity contribution in [3.05, 3.63) is 28.3 Å². The minimum Gasteiger partial charge on any atom is -0.483 e. The van der Waals surface area contributed by atoms with Gasteiger partial charge in [0.25, 0.3) is 11.8 Å². The number of aryl methyl sites for hydroxylation is 2. The van der Waals surface area contributed by atoms with Crippen LogP contribution in [0.25, 0.3) is 0 Å². The van der Waals surface area contributed by atoms with Crippen molar-refractivity contribution in [1.82, 2.24) is 15.8 Å². The molecule has 2 N–H and O–H groups in total. The van der Waals surface area contributed by atoms with E-state index < -0.39 is 23.4 Å². The van der Waals surface area contributed by atoms with E-state index in [9.17, 15) is 14.4 Å². The number of hydrogen-bond donors (Lipinski definition) is 2. The third-order valence-corrected chi connectivity index (χ3v) is 5.10. The number of nitrogens with zero attached hydrogens (tertiary/aromatic N) is 1. The van der Waals surface area contributed by atoms with Gasteiger partial charge in [-0.1, -0.05) is 30.9 Å². The molecule has 7 nitrogen and oxygen atoms in total. The van der Waals surface area contributed by atoms with Gasteiger partial charge >= 0.3 is 6.03 Å². The van der Waals surface area contributed by atoms with E-state index in [1.54, 1.807) is 12.1 Å². The van der Waals surface area contributed by atoms with Crippen molar-refractivity contribution in [2.45, 2.75) is 51.5 Å². The van der Waals surface area contributed by atoms with E-state index in [4.69, 9.17) is 16.3 Å². The Hall–Kier alpha value is -2.28. The van der Waals surface area contributed by atoms with E-state index in [0.717, 1.165) is 35.4 Å². The van der Waals surface area contributed by atoms with Gasteiger partial charge in [0.15, 0.2) is 6.61 Å². The van der Waals surface area contributed by atoms with Gasteiger partial charge in [-0.25, -0.2) is 4.79 Å². The number of carbonyl (C=O) groups is 3. The number of benzene rings is 1. The molecule has 0 atom stereocenters. The third-order valence-electron chi connectivity index (χ3n) is 4.88. The Balaban J connectivity index is 1.62. The monoisotopic (exact) mass is 379 g/mol. The Bertz CT molecular complexity index is 736. The standard InChI is InChI=1S/C18H22ClN3O4/c1-11-8-13(19)9-12(2)15(11)26-10-14(23)21-22-16(24)18(20-17(22)25)6-4-3-5-7-18/h8-9H,3-7,10H2,1-2H3,(H,20,25)(H,21,23). The van der Waals surface area contributed by atoms with E-state index >= 15 is 0 Å². The SMILES string of the molecule is Cc1cc(Cl)cc(C)c1OCC(=O)NN1C(=O)NC2(CCCCC2)C1=O. The lowest BCUT2D eigenvalue weighted by Gasteiger charge is -2.30. The Labute approximate surface area is 157 Å². The minimum absolute atomic E-state index is 0.312. The van der Waals surface area contributed by atoms with E-state index in [1.807, 2.05) is 13.8 Å². The summed E-state index contributed by atoms with van der Waals surface area (Å²) in [6.07, 6.45) is 4.01. The van der Waals surface area contributed by atoms with E-state index in [0.29, 0.717) is 23.6 Å². The summed E-state index contributed by atoms with van der Waals surface area (Å²) in [5, 5.41) is 4.11. The zero-order valence-corrected chi connectivity index (χ0v) is 15.6. The van der Waals surface area contributed by atoms with Gasteiger partial charge in [-0.05, 0) is 49.9 Å². The third kappa shape index (κ3) is 3.49. The molecule has 1 saturated heterocycles. The fraction of sp³-hybridized carbons (Fsp3) is 0.500. The van der Waals surface area contributed by atoms with Crippen molar-refractivity contribution in [2.24, 2.45) is 0 Å². The quantitative estimate of drug-likeness (QED) is 0.787. The van der Waals surface area contributed by atoms with Crippen LogP contribution < -0.4 is 15.5 Å². The van der Waals surface area contributed by atoms with Crippen molar-refractivity contribution >= 4 is 29.4 Å². The van der Waals surface area contributed by atoms with Gasteiger partial charge < -0.3 is 10.1 Å². The smallest absolute Gasteiger partial charge is 0.344 e. The highest BCUT2D eigenvalue weighted by molar-refractivity contribution is 6.30. The maximum absolute atomic E-state index is 12.6. The molecule has 0 aromatic heterocycles. The molecule has 8 heteroatoms. The van der Waals surface area contributed by atoms with Crippen LogP contribution in [0.15, 0.2) is 12.1 Å². The van der Waals surface area contributed by atoms with Crippen LogP contribution in [-0.4, -0.2) is 35.0 Å². The largest absolute Gasteiger partial charge is 0.483 e. The molecule has 0 bridgehead atoms. The zero-order chi connectivity index (χ0) is 18.9. The van der Waals surface area contributed by atoms with Crippen LogP contribution in [0.4, 0.5) is 4.79 Å². The van der Waals surface area contributed by atoms with Gasteiger partial charge in [0.1, 0.15) is 11.3 Å². The maximum atomic E-state index is 12.6. The zero-order valence-electron chi connectivity index (χ0n) is 14.9. The second-order valence-corrected chi connectivity index (χ2v) is 7.34. The van der Waals surface area contributed by atoms with E-state index in [2.05, 4.69) is 10.7 Å². The molecule has 1 spiro atoms. The first kappa shape index (κ1) is 18.5. The van der Waals surface area contributed by atoms with Gasteiger partial charge in [0.05, 0.1) is 0 Å². The molecular formula is C18H22ClN3O4. The average molecular weight is 380 g/mol. The molecular weight excluding hydrogens is 358 g/mol. The second-order valence-electron chi connectivity index (χ2n) is 6.91. The highest BCUT2D eigenvalue weighted by Gasteiger charge is 2.52. The maximum Gasteiger partial charge on any atom is 0.344 e. The molecule has 1 aliphatic heterocycles. The summed E-state index contributed by atoms with van der Waals surface area (Å²) in [5.74, 6) is -0.407. The molecule has 3 rings (SSSR count). The Morgan fingerprint density at radius 2 is 1.85 bits per heavy atom. The van der Waals surface area contributed by atoms with Gasteiger partial charge in [-0.3, -0.25) is 15.0 Å². The van der Waals surface area contributed by atoms with E-state index in [-0.39, 0.29) is 6.61 Å². The topological polar surface area (TPSA) is 87.7 Å². The van der Waals surface area contributed by atoms with Crippen LogP contribution in [0.5, 0.6) is 5.75 Å². The predicted molar refractivity (Wildman–Crippen MR) is 95.8 cm³/mol. The number of hydrazine groups is 1. The number of imide groups is 1. The molecule has 0 unspecified atom stereocenters. The number of urea groups is 1. The van der Waals surface area contributed by atoms with Crippen LogP contribution in [0, 0.1) is 13.8 Å². The van der Waals surface area contributed by atoms with Gasteiger partial charge in [0.2, 0.25) is 0 Å². The lowest BCUT2D eigenvalue weighted by Crippen LogP contribution is -2.51. The molecule has 26 heavy (non-hydrogen) atoms. The molecule has 1 aromatic rings. The van der Waals surface area contributed by atoms with Crippen LogP contribution in [0.3, 0.4) is 0 Å². The van der Waals surface area contributed by atoms with Crippen molar-refractivity contribution < 1.29 is 19.1 Å². The van der Waals surface area contributed by atoms with Crippen LogP contribution in [0.2, 0.25) is 5.02 Å². The van der Waals surface area contributed by atoms with Crippen molar-refractivity contribution in [3.8, 4) is 5.75 Å². The van der Waals surface area contributed by atoms with Crippen LogP contribution in [0.1, 0.15) is 43.2 Å². The number of amides is 4.